The lowest BCUT2D eigenvalue weighted by Gasteiger charge is -2.25. The Morgan fingerprint density at radius 2 is 2.08 bits per heavy atom. The van der Waals surface area contributed by atoms with Gasteiger partial charge in [0.2, 0.25) is 0 Å². The van der Waals surface area contributed by atoms with Crippen LogP contribution in [0.15, 0.2) is 66.5 Å². The summed E-state index contributed by atoms with van der Waals surface area (Å²) in [6.07, 6.45) is 11.7. The maximum absolute atomic E-state index is 5.20. The predicted molar refractivity (Wildman–Crippen MR) is 106 cm³/mol. The summed E-state index contributed by atoms with van der Waals surface area (Å²) in [5.74, 6) is 0.891. The number of rotatable bonds is 5. The molecule has 0 saturated carbocycles. The van der Waals surface area contributed by atoms with Gasteiger partial charge in [-0.3, -0.25) is 4.90 Å². The zero-order valence-electron chi connectivity index (χ0n) is 15.0. The number of methoxy groups -OCH3 is 1. The fourth-order valence-corrected chi connectivity index (χ4v) is 3.32. The molecule has 0 radical (unpaired) electrons. The lowest BCUT2D eigenvalue weighted by Crippen LogP contribution is -2.27. The third kappa shape index (κ3) is 3.70. The molecule has 3 heterocycles. The van der Waals surface area contributed by atoms with Crippen LogP contribution in [0.4, 0.5) is 0 Å². The highest BCUT2D eigenvalue weighted by atomic mass is 16.5. The van der Waals surface area contributed by atoms with E-state index in [0.29, 0.717) is 0 Å². The van der Waals surface area contributed by atoms with Crippen molar-refractivity contribution in [2.24, 2.45) is 0 Å². The minimum absolute atomic E-state index is 0.891. The molecule has 4 rings (SSSR count). The van der Waals surface area contributed by atoms with E-state index in [2.05, 4.69) is 57.5 Å². The van der Waals surface area contributed by atoms with E-state index < -0.39 is 0 Å². The summed E-state index contributed by atoms with van der Waals surface area (Å²) in [4.78, 5) is 10.1. The highest BCUT2D eigenvalue weighted by Crippen LogP contribution is 2.21. The predicted octanol–water partition coefficient (Wildman–Crippen LogP) is 4.42. The van der Waals surface area contributed by atoms with Crippen molar-refractivity contribution < 1.29 is 4.74 Å². The molecule has 0 amide bonds. The average Bonchev–Trinajstić information content (AvgIpc) is 3.11. The van der Waals surface area contributed by atoms with E-state index in [1.807, 2.05) is 24.4 Å². The van der Waals surface area contributed by atoms with Crippen LogP contribution in [0.2, 0.25) is 0 Å². The molecule has 0 saturated heterocycles. The number of fused-ring (bicyclic) bond motifs is 1. The molecular formula is C22H23N3O. The van der Waals surface area contributed by atoms with Gasteiger partial charge in [0.1, 0.15) is 11.4 Å². The molecule has 26 heavy (non-hydrogen) atoms. The molecule has 0 aliphatic carbocycles. The van der Waals surface area contributed by atoms with Crippen LogP contribution in [-0.4, -0.2) is 35.1 Å². The zero-order chi connectivity index (χ0) is 17.8. The summed E-state index contributed by atoms with van der Waals surface area (Å²) in [5.41, 5.74) is 4.88. The van der Waals surface area contributed by atoms with Gasteiger partial charge >= 0.3 is 0 Å². The number of H-pyrrole nitrogens is 1. The van der Waals surface area contributed by atoms with Gasteiger partial charge in [-0.25, -0.2) is 4.98 Å². The van der Waals surface area contributed by atoms with Gasteiger partial charge in [-0.2, -0.15) is 0 Å². The minimum atomic E-state index is 0.891. The molecule has 1 N–H and O–H groups in total. The van der Waals surface area contributed by atoms with Crippen molar-refractivity contribution in [1.29, 1.82) is 0 Å². The molecule has 3 aromatic rings. The molecule has 132 valence electrons. The molecule has 0 atom stereocenters. The van der Waals surface area contributed by atoms with Crippen molar-refractivity contribution in [2.75, 3.05) is 20.2 Å². The number of aromatic amines is 1. The van der Waals surface area contributed by atoms with Gasteiger partial charge in [0.05, 0.1) is 7.11 Å². The van der Waals surface area contributed by atoms with Gasteiger partial charge in [-0.15, -0.1) is 0 Å². The lowest BCUT2D eigenvalue weighted by atomic mass is 10.1. The van der Waals surface area contributed by atoms with Crippen LogP contribution in [0.3, 0.4) is 0 Å². The fraction of sp³-hybridized carbons (Fsp3) is 0.227. The van der Waals surface area contributed by atoms with Gasteiger partial charge in [0.15, 0.2) is 0 Å². The SMILES string of the molecule is COc1ccc(/C=C/C2=CCN(Cc3c[nH]c4ncccc34)CC2)cc1. The van der Waals surface area contributed by atoms with E-state index in [4.69, 9.17) is 4.74 Å². The van der Waals surface area contributed by atoms with Crippen molar-refractivity contribution in [3.05, 3.63) is 77.6 Å². The summed E-state index contributed by atoms with van der Waals surface area (Å²) in [5, 5.41) is 1.22. The van der Waals surface area contributed by atoms with Crippen molar-refractivity contribution in [3.8, 4) is 5.75 Å². The normalized spacial score (nSPS) is 15.5. The van der Waals surface area contributed by atoms with E-state index in [1.54, 1.807) is 7.11 Å². The average molecular weight is 345 g/mol. The monoisotopic (exact) mass is 345 g/mol. The molecule has 0 spiro atoms. The third-order valence-electron chi connectivity index (χ3n) is 4.86. The van der Waals surface area contributed by atoms with Gasteiger partial charge in [0, 0.05) is 37.4 Å². The van der Waals surface area contributed by atoms with Gasteiger partial charge in [-0.05, 0) is 47.4 Å². The smallest absolute Gasteiger partial charge is 0.137 e. The topological polar surface area (TPSA) is 41.1 Å². The molecule has 4 nitrogen and oxygen atoms in total. The Balaban J connectivity index is 1.37. The Morgan fingerprint density at radius 1 is 1.19 bits per heavy atom. The summed E-state index contributed by atoms with van der Waals surface area (Å²) in [6.45, 7) is 3.01. The molecule has 0 unspecified atom stereocenters. The van der Waals surface area contributed by atoms with Crippen molar-refractivity contribution in [2.45, 2.75) is 13.0 Å². The first kappa shape index (κ1) is 16.6. The van der Waals surface area contributed by atoms with Crippen LogP contribution in [0, 0.1) is 0 Å². The molecule has 1 aliphatic heterocycles. The van der Waals surface area contributed by atoms with Crippen molar-refractivity contribution in [1.82, 2.24) is 14.9 Å². The standard InChI is InChI=1S/C22H23N3O/c1-26-20-8-6-17(7-9-20)4-5-18-10-13-25(14-11-18)16-19-15-24-22-21(19)3-2-12-23-22/h2-10,12,15H,11,13-14,16H2,1H3,(H,23,24)/b5-4+. The quantitative estimate of drug-likeness (QED) is 0.744. The van der Waals surface area contributed by atoms with E-state index in [-0.39, 0.29) is 0 Å². The summed E-state index contributed by atoms with van der Waals surface area (Å²) < 4.78 is 5.20. The van der Waals surface area contributed by atoms with Crippen LogP contribution in [0.5, 0.6) is 5.75 Å². The second-order valence-electron chi connectivity index (χ2n) is 6.58. The first-order valence-electron chi connectivity index (χ1n) is 8.96. The Kier molecular flexibility index (Phi) is 4.84. The Labute approximate surface area is 153 Å². The Morgan fingerprint density at radius 3 is 2.85 bits per heavy atom. The second kappa shape index (κ2) is 7.58. The summed E-state index contributed by atoms with van der Waals surface area (Å²) in [6, 6.07) is 12.3. The minimum Gasteiger partial charge on any atom is -0.497 e. The maximum Gasteiger partial charge on any atom is 0.137 e. The molecule has 0 bridgehead atoms. The first-order chi connectivity index (χ1) is 12.8. The van der Waals surface area contributed by atoms with Gasteiger partial charge in [-0.1, -0.05) is 30.4 Å². The van der Waals surface area contributed by atoms with E-state index in [9.17, 15) is 0 Å². The number of aromatic nitrogens is 2. The molecule has 2 aromatic heterocycles. The number of hydrogen-bond donors (Lipinski definition) is 1. The van der Waals surface area contributed by atoms with E-state index >= 15 is 0 Å². The van der Waals surface area contributed by atoms with Crippen molar-refractivity contribution >= 4 is 17.1 Å². The van der Waals surface area contributed by atoms with E-state index in [1.165, 1.54) is 22.1 Å². The fourth-order valence-electron chi connectivity index (χ4n) is 3.32. The highest BCUT2D eigenvalue weighted by Gasteiger charge is 2.13. The summed E-state index contributed by atoms with van der Waals surface area (Å²) in [7, 11) is 1.69. The first-order valence-corrected chi connectivity index (χ1v) is 8.96. The zero-order valence-corrected chi connectivity index (χ0v) is 15.0. The molecule has 0 fully saturated rings. The Bertz CT molecular complexity index is 937. The molecule has 4 heteroatoms. The lowest BCUT2D eigenvalue weighted by molar-refractivity contribution is 0.288. The number of nitrogens with one attached hydrogen (secondary N) is 1. The Hall–Kier alpha value is -2.85. The number of benzene rings is 1. The summed E-state index contributed by atoms with van der Waals surface area (Å²) >= 11 is 0. The van der Waals surface area contributed by atoms with Gasteiger partial charge in [0.25, 0.3) is 0 Å². The second-order valence-corrected chi connectivity index (χ2v) is 6.58. The van der Waals surface area contributed by atoms with Crippen molar-refractivity contribution in [3.63, 3.8) is 0 Å². The van der Waals surface area contributed by atoms with Gasteiger partial charge < -0.3 is 9.72 Å². The maximum atomic E-state index is 5.20. The largest absolute Gasteiger partial charge is 0.497 e. The van der Waals surface area contributed by atoms with Crippen LogP contribution in [-0.2, 0) is 6.54 Å². The number of hydrogen-bond acceptors (Lipinski definition) is 3. The number of nitrogens with zero attached hydrogens (tertiary/aromatic N) is 2. The number of pyridine rings is 1. The number of allylic oxidation sites excluding steroid dienone is 1. The van der Waals surface area contributed by atoms with E-state index in [0.717, 1.165) is 37.5 Å². The van der Waals surface area contributed by atoms with Crippen LogP contribution in [0.25, 0.3) is 17.1 Å². The highest BCUT2D eigenvalue weighted by molar-refractivity contribution is 5.79. The molecule has 1 aliphatic rings. The molecular weight excluding hydrogens is 322 g/mol. The number of ether oxygens (including phenoxy) is 1. The van der Waals surface area contributed by atoms with Crippen LogP contribution >= 0.6 is 0 Å². The third-order valence-corrected chi connectivity index (χ3v) is 4.86. The van der Waals surface area contributed by atoms with Crippen LogP contribution < -0.4 is 4.74 Å². The van der Waals surface area contributed by atoms with Crippen LogP contribution in [0.1, 0.15) is 17.5 Å². The molecule has 1 aromatic carbocycles.